The summed E-state index contributed by atoms with van der Waals surface area (Å²) in [5.74, 6) is -0.634. The van der Waals surface area contributed by atoms with Gasteiger partial charge in [-0.3, -0.25) is 0 Å². The summed E-state index contributed by atoms with van der Waals surface area (Å²) in [6.07, 6.45) is 2.20. The van der Waals surface area contributed by atoms with E-state index in [1.807, 2.05) is 17.1 Å². The number of nitrogens with zero attached hydrogens (tertiary/aromatic N) is 3. The Kier molecular flexibility index (Phi) is 7.25. The lowest BCUT2D eigenvalue weighted by Crippen LogP contribution is -2.56. The Hall–Kier alpha value is -2.44. The highest BCUT2D eigenvalue weighted by Gasteiger charge is 2.49. The van der Waals surface area contributed by atoms with Crippen LogP contribution < -0.4 is 10.1 Å². The van der Waals surface area contributed by atoms with Crippen molar-refractivity contribution >= 4 is 45.2 Å². The van der Waals surface area contributed by atoms with E-state index in [2.05, 4.69) is 4.58 Å². The first-order valence-corrected chi connectivity index (χ1v) is 12.4. The maximum Gasteiger partial charge on any atom is 0.392 e. The second-order valence-electron chi connectivity index (χ2n) is 7.36. The molecule has 0 radical (unpaired) electrons. The Balaban J connectivity index is 2.11. The number of likely N-dealkylation sites (N-methyl/N-ethyl adjacent to an activating group) is 1. The molecule has 12 heteroatoms. The summed E-state index contributed by atoms with van der Waals surface area (Å²) in [6.45, 7) is 0.377. The van der Waals surface area contributed by atoms with Gasteiger partial charge in [-0.25, -0.2) is 23.4 Å². The van der Waals surface area contributed by atoms with Gasteiger partial charge in [0.05, 0.1) is 17.6 Å². The zero-order valence-corrected chi connectivity index (χ0v) is 19.5. The molecule has 0 saturated heterocycles. The number of sulfonamides is 1. The van der Waals surface area contributed by atoms with Crippen LogP contribution in [0.15, 0.2) is 69.8 Å². The minimum Gasteiger partial charge on any atom is -0.474 e. The lowest BCUT2D eigenvalue weighted by Gasteiger charge is -2.42. The highest BCUT2D eigenvalue weighted by atomic mass is 35.5. The molecule has 1 aliphatic heterocycles. The highest BCUT2D eigenvalue weighted by molar-refractivity contribution is 7.97. The first kappa shape index (κ1) is 24.2. The molecular weight excluding hydrogens is 476 g/mol. The fraction of sp³-hybridized carbons (Fsp3) is 0.250. The summed E-state index contributed by atoms with van der Waals surface area (Å²) in [5.41, 5.74) is 1.58. The number of hydrogen-bond acceptors (Lipinski definition) is 7. The second kappa shape index (κ2) is 9.59. The van der Waals surface area contributed by atoms with E-state index in [-0.39, 0.29) is 15.2 Å². The number of anilines is 1. The minimum atomic E-state index is -3.88. The van der Waals surface area contributed by atoms with Gasteiger partial charge < -0.3 is 5.11 Å². The fourth-order valence-electron chi connectivity index (χ4n) is 3.85. The van der Waals surface area contributed by atoms with Gasteiger partial charge in [0.15, 0.2) is 0 Å². The summed E-state index contributed by atoms with van der Waals surface area (Å²) in [6, 6.07) is 12.6. The molecule has 0 saturated carbocycles. The molecule has 2 aromatic carbocycles. The molecule has 1 heterocycles. The van der Waals surface area contributed by atoms with Gasteiger partial charge in [-0.05, 0) is 42.0 Å². The van der Waals surface area contributed by atoms with Gasteiger partial charge >= 0.3 is 5.97 Å². The summed E-state index contributed by atoms with van der Waals surface area (Å²) < 4.78 is 26.1. The Bertz CT molecular complexity index is 1140. The van der Waals surface area contributed by atoms with E-state index in [1.165, 1.54) is 12.1 Å². The maximum absolute atomic E-state index is 12.2. The van der Waals surface area contributed by atoms with Gasteiger partial charge in [0, 0.05) is 39.8 Å². The quantitative estimate of drug-likeness (QED) is 0.234. The number of nitroso groups, excluding NO2 is 1. The number of nitrogens with two attached hydrogens (primary N) is 1. The Morgan fingerprint density at radius 3 is 2.38 bits per heavy atom. The first-order chi connectivity index (χ1) is 15.1. The van der Waals surface area contributed by atoms with Crippen LogP contribution in [-0.2, 0) is 14.8 Å². The van der Waals surface area contributed by atoms with Gasteiger partial charge in [-0.1, -0.05) is 23.7 Å². The molecule has 2 unspecified atom stereocenters. The van der Waals surface area contributed by atoms with Crippen LogP contribution in [0.2, 0.25) is 5.02 Å². The number of carboxylic acid groups (broad SMARTS) is 1. The lowest BCUT2D eigenvalue weighted by atomic mass is 10.1. The Labute approximate surface area is 195 Å². The van der Waals surface area contributed by atoms with Crippen molar-refractivity contribution in [2.45, 2.75) is 17.4 Å². The summed E-state index contributed by atoms with van der Waals surface area (Å²) in [4.78, 5) is 22.6. The van der Waals surface area contributed by atoms with E-state index in [9.17, 15) is 23.2 Å². The lowest BCUT2D eigenvalue weighted by molar-refractivity contribution is -0.874. The number of rotatable bonds is 9. The largest absolute Gasteiger partial charge is 0.474 e. The van der Waals surface area contributed by atoms with Gasteiger partial charge in [-0.2, -0.15) is 4.59 Å². The molecule has 3 rings (SSSR count). The smallest absolute Gasteiger partial charge is 0.392 e. The van der Waals surface area contributed by atoms with Crippen molar-refractivity contribution < 1.29 is 22.9 Å². The van der Waals surface area contributed by atoms with Crippen LogP contribution in [-0.4, -0.2) is 43.4 Å². The van der Waals surface area contributed by atoms with Gasteiger partial charge in [0.1, 0.15) is 12.6 Å². The molecule has 0 amide bonds. The van der Waals surface area contributed by atoms with E-state index < -0.39 is 22.0 Å². The average molecular weight is 498 g/mol. The third-order valence-corrected chi connectivity index (χ3v) is 7.07. The number of carboxylic acids is 1. The minimum absolute atomic E-state index is 0.0439. The molecule has 0 spiro atoms. The Morgan fingerprint density at radius 2 is 1.84 bits per heavy atom. The van der Waals surface area contributed by atoms with Crippen molar-refractivity contribution in [3.8, 4) is 0 Å². The van der Waals surface area contributed by atoms with E-state index in [4.69, 9.17) is 16.7 Å². The number of hydrogen-bond donors (Lipinski definition) is 2. The van der Waals surface area contributed by atoms with Crippen LogP contribution in [0.4, 0.5) is 5.69 Å². The van der Waals surface area contributed by atoms with Crippen molar-refractivity contribution in [2.75, 3.05) is 24.4 Å². The zero-order chi connectivity index (χ0) is 23.5. The maximum atomic E-state index is 12.2. The van der Waals surface area contributed by atoms with E-state index >= 15 is 0 Å². The molecule has 1 aliphatic rings. The standard InChI is InChI=1S/C20H21ClN4O5S2/c1-25(11-2-12-31-23-28)19(20(26)27)13-18(14-3-5-15(21)6-4-14)24(25)16-7-9-17(10-8-16)32(22,29)30/h3-10,13,18H,2,11-12H2,1H3,(H2-,22,26,27,29,30)/p+1. The highest BCUT2D eigenvalue weighted by Crippen LogP contribution is 2.43. The van der Waals surface area contributed by atoms with Crippen molar-refractivity contribution in [1.82, 2.24) is 0 Å². The van der Waals surface area contributed by atoms with Crippen LogP contribution >= 0.6 is 23.5 Å². The van der Waals surface area contributed by atoms with E-state index in [0.29, 0.717) is 29.4 Å². The third kappa shape index (κ3) is 4.97. The van der Waals surface area contributed by atoms with Crippen LogP contribution in [0.1, 0.15) is 18.0 Å². The van der Waals surface area contributed by atoms with Gasteiger partial charge in [0.2, 0.25) is 15.7 Å². The van der Waals surface area contributed by atoms with Crippen molar-refractivity contribution in [3.05, 3.63) is 75.8 Å². The third-order valence-electron chi connectivity index (χ3n) is 5.32. The molecule has 32 heavy (non-hydrogen) atoms. The molecule has 0 fully saturated rings. The van der Waals surface area contributed by atoms with Gasteiger partial charge in [0.25, 0.3) is 0 Å². The molecule has 3 N–H and O–H groups in total. The van der Waals surface area contributed by atoms with Crippen LogP contribution in [0, 0.1) is 4.91 Å². The molecule has 9 nitrogen and oxygen atoms in total. The topological polar surface area (TPSA) is 130 Å². The molecular formula is C20H22ClN4O5S2+. The fourth-order valence-corrected chi connectivity index (χ4v) is 4.83. The number of quaternary nitrogens is 1. The second-order valence-corrected chi connectivity index (χ2v) is 10.2. The normalized spacial score (nSPS) is 20.8. The van der Waals surface area contributed by atoms with Crippen molar-refractivity contribution in [2.24, 2.45) is 9.72 Å². The van der Waals surface area contributed by atoms with E-state index in [1.54, 1.807) is 37.4 Å². The molecule has 0 aliphatic carbocycles. The van der Waals surface area contributed by atoms with Crippen molar-refractivity contribution in [1.29, 1.82) is 0 Å². The number of halogens is 1. The predicted octanol–water partition coefficient (Wildman–Crippen LogP) is 3.68. The van der Waals surface area contributed by atoms with Crippen LogP contribution in [0.25, 0.3) is 0 Å². The monoisotopic (exact) mass is 497 g/mol. The van der Waals surface area contributed by atoms with Crippen LogP contribution in [0.3, 0.4) is 0 Å². The zero-order valence-electron chi connectivity index (χ0n) is 17.1. The molecule has 0 aromatic heterocycles. The van der Waals surface area contributed by atoms with E-state index in [0.717, 1.165) is 17.5 Å². The summed E-state index contributed by atoms with van der Waals surface area (Å²) in [5, 5.41) is 17.6. The SMILES string of the molecule is C[N+]1(CCCSN=O)C(C(=O)O)=CC(c2ccc(Cl)cc2)N1c1ccc(S(N)(=O)=O)cc1. The average Bonchev–Trinajstić information content (AvgIpc) is 3.05. The summed E-state index contributed by atoms with van der Waals surface area (Å²) >= 11 is 6.91. The number of aliphatic carboxylic acids is 1. The molecule has 0 bridgehead atoms. The Morgan fingerprint density at radius 1 is 1.22 bits per heavy atom. The summed E-state index contributed by atoms with van der Waals surface area (Å²) in [7, 11) is -2.11. The first-order valence-electron chi connectivity index (χ1n) is 9.52. The van der Waals surface area contributed by atoms with Gasteiger partial charge in [-0.15, -0.1) is 4.91 Å². The number of carbonyl (C=O) groups is 1. The molecule has 2 aromatic rings. The van der Waals surface area contributed by atoms with Crippen molar-refractivity contribution in [3.63, 3.8) is 0 Å². The number of primary sulfonamides is 1. The molecule has 170 valence electrons. The predicted molar refractivity (Wildman–Crippen MR) is 124 cm³/mol. The molecule has 2 atom stereocenters. The van der Waals surface area contributed by atoms with Crippen LogP contribution in [0.5, 0.6) is 0 Å². The number of benzene rings is 2.